The van der Waals surface area contributed by atoms with Crippen LogP contribution in [0.3, 0.4) is 0 Å². The molecular formula is C19H18ClIN4O. The van der Waals surface area contributed by atoms with Crippen molar-refractivity contribution < 1.29 is 5.11 Å². The van der Waals surface area contributed by atoms with Gasteiger partial charge in [-0.15, -0.1) is 0 Å². The van der Waals surface area contributed by atoms with Gasteiger partial charge in [0.15, 0.2) is 0 Å². The van der Waals surface area contributed by atoms with Gasteiger partial charge < -0.3 is 15.7 Å². The molecule has 1 heterocycles. The summed E-state index contributed by atoms with van der Waals surface area (Å²) in [6.07, 6.45) is 0. The lowest BCUT2D eigenvalue weighted by atomic mass is 10.1. The molecule has 2 aromatic carbocycles. The molecule has 3 aromatic rings. The van der Waals surface area contributed by atoms with E-state index in [1.54, 1.807) is 0 Å². The minimum absolute atomic E-state index is 0.00929. The zero-order valence-corrected chi connectivity index (χ0v) is 17.0. The SMILES string of the molecule is C[C@H](CO)Nc1nc(Nc2ccc(I)cc2Cl)cc(-c2ccccc2)n1. The van der Waals surface area contributed by atoms with Crippen molar-refractivity contribution in [1.82, 2.24) is 9.97 Å². The van der Waals surface area contributed by atoms with Crippen molar-refractivity contribution in [3.63, 3.8) is 0 Å². The van der Waals surface area contributed by atoms with E-state index in [0.29, 0.717) is 16.8 Å². The number of hydrogen-bond acceptors (Lipinski definition) is 5. The van der Waals surface area contributed by atoms with Crippen LogP contribution in [-0.4, -0.2) is 27.7 Å². The van der Waals surface area contributed by atoms with Crippen LogP contribution in [0.1, 0.15) is 6.92 Å². The predicted molar refractivity (Wildman–Crippen MR) is 115 cm³/mol. The summed E-state index contributed by atoms with van der Waals surface area (Å²) in [5.41, 5.74) is 2.52. The van der Waals surface area contributed by atoms with Gasteiger partial charge in [0.2, 0.25) is 5.95 Å². The molecule has 7 heteroatoms. The fourth-order valence-corrected chi connectivity index (χ4v) is 3.23. The van der Waals surface area contributed by atoms with Gasteiger partial charge in [-0.05, 0) is 47.7 Å². The number of halogens is 2. The molecule has 0 saturated heterocycles. The summed E-state index contributed by atoms with van der Waals surface area (Å²) in [4.78, 5) is 9.06. The van der Waals surface area contributed by atoms with Gasteiger partial charge in [0.25, 0.3) is 0 Å². The Labute approximate surface area is 171 Å². The minimum Gasteiger partial charge on any atom is -0.394 e. The Morgan fingerprint density at radius 3 is 2.58 bits per heavy atom. The monoisotopic (exact) mass is 480 g/mol. The molecule has 26 heavy (non-hydrogen) atoms. The molecule has 0 spiro atoms. The van der Waals surface area contributed by atoms with Gasteiger partial charge in [-0.2, -0.15) is 4.98 Å². The maximum absolute atomic E-state index is 9.30. The third kappa shape index (κ3) is 4.84. The first-order chi connectivity index (χ1) is 12.5. The van der Waals surface area contributed by atoms with E-state index in [1.165, 1.54) is 0 Å². The Hall–Kier alpha value is -1.90. The summed E-state index contributed by atoms with van der Waals surface area (Å²) in [7, 11) is 0. The van der Waals surface area contributed by atoms with E-state index in [2.05, 4.69) is 43.2 Å². The summed E-state index contributed by atoms with van der Waals surface area (Å²) in [6, 6.07) is 17.4. The third-order valence-corrected chi connectivity index (χ3v) is 4.62. The largest absolute Gasteiger partial charge is 0.394 e. The van der Waals surface area contributed by atoms with Gasteiger partial charge in [0.1, 0.15) is 5.82 Å². The van der Waals surface area contributed by atoms with Gasteiger partial charge in [-0.3, -0.25) is 0 Å². The maximum atomic E-state index is 9.30. The second kappa shape index (κ2) is 8.66. The zero-order valence-electron chi connectivity index (χ0n) is 14.1. The average molecular weight is 481 g/mol. The van der Waals surface area contributed by atoms with E-state index in [4.69, 9.17) is 11.6 Å². The number of nitrogens with zero attached hydrogens (tertiary/aromatic N) is 2. The third-order valence-electron chi connectivity index (χ3n) is 3.64. The number of aromatic nitrogens is 2. The number of nitrogens with one attached hydrogen (secondary N) is 2. The number of rotatable bonds is 6. The van der Waals surface area contributed by atoms with Gasteiger partial charge >= 0.3 is 0 Å². The molecule has 0 saturated carbocycles. The van der Waals surface area contributed by atoms with Crippen LogP contribution in [-0.2, 0) is 0 Å². The van der Waals surface area contributed by atoms with Crippen LogP contribution in [0, 0.1) is 3.57 Å². The van der Waals surface area contributed by atoms with E-state index in [9.17, 15) is 5.11 Å². The molecule has 1 aromatic heterocycles. The lowest BCUT2D eigenvalue weighted by Gasteiger charge is -2.15. The lowest BCUT2D eigenvalue weighted by molar-refractivity contribution is 0.281. The molecule has 0 radical (unpaired) electrons. The lowest BCUT2D eigenvalue weighted by Crippen LogP contribution is -2.21. The maximum Gasteiger partial charge on any atom is 0.225 e. The van der Waals surface area contributed by atoms with E-state index in [0.717, 1.165) is 20.5 Å². The summed E-state index contributed by atoms with van der Waals surface area (Å²) < 4.78 is 1.06. The predicted octanol–water partition coefficient (Wildman–Crippen LogP) is 4.94. The topological polar surface area (TPSA) is 70.1 Å². The van der Waals surface area contributed by atoms with Crippen molar-refractivity contribution in [2.75, 3.05) is 17.2 Å². The highest BCUT2D eigenvalue weighted by Crippen LogP contribution is 2.28. The van der Waals surface area contributed by atoms with Gasteiger partial charge in [-0.25, -0.2) is 4.98 Å². The summed E-state index contributed by atoms with van der Waals surface area (Å²) in [5.74, 6) is 1.06. The molecule has 5 nitrogen and oxygen atoms in total. The van der Waals surface area contributed by atoms with Crippen LogP contribution in [0.2, 0.25) is 5.02 Å². The second-order valence-corrected chi connectivity index (χ2v) is 7.46. The summed E-state index contributed by atoms with van der Waals surface area (Å²) in [5, 5.41) is 16.3. The van der Waals surface area contributed by atoms with Crippen molar-refractivity contribution in [2.24, 2.45) is 0 Å². The van der Waals surface area contributed by atoms with Crippen molar-refractivity contribution in [2.45, 2.75) is 13.0 Å². The highest BCUT2D eigenvalue weighted by atomic mass is 127. The molecule has 0 amide bonds. The Balaban J connectivity index is 1.98. The first-order valence-electron chi connectivity index (χ1n) is 8.09. The number of aliphatic hydroxyl groups is 1. The van der Waals surface area contributed by atoms with Crippen molar-refractivity contribution >= 4 is 51.6 Å². The van der Waals surface area contributed by atoms with Crippen LogP contribution < -0.4 is 10.6 Å². The molecule has 134 valence electrons. The van der Waals surface area contributed by atoms with Crippen molar-refractivity contribution in [3.05, 3.63) is 63.2 Å². The van der Waals surface area contributed by atoms with E-state index >= 15 is 0 Å². The van der Waals surface area contributed by atoms with E-state index < -0.39 is 0 Å². The number of hydrogen-bond donors (Lipinski definition) is 3. The average Bonchev–Trinajstić information content (AvgIpc) is 2.64. The molecule has 3 N–H and O–H groups in total. The first-order valence-corrected chi connectivity index (χ1v) is 9.55. The van der Waals surface area contributed by atoms with Crippen LogP contribution in [0.5, 0.6) is 0 Å². The van der Waals surface area contributed by atoms with Gasteiger partial charge in [0, 0.05) is 21.2 Å². The molecule has 3 rings (SSSR count). The fourth-order valence-electron chi connectivity index (χ4n) is 2.33. The normalized spacial score (nSPS) is 11.8. The second-order valence-electron chi connectivity index (χ2n) is 5.81. The van der Waals surface area contributed by atoms with Gasteiger partial charge in [-0.1, -0.05) is 41.9 Å². The van der Waals surface area contributed by atoms with Crippen LogP contribution in [0.4, 0.5) is 17.5 Å². The Morgan fingerprint density at radius 2 is 1.88 bits per heavy atom. The Bertz CT molecular complexity index is 892. The standard InChI is InChI=1S/C19H18ClIN4O/c1-12(11-26)22-19-24-17(13-5-3-2-4-6-13)10-18(25-19)23-16-8-7-14(21)9-15(16)20/h2-10,12,26H,11H2,1H3,(H2,22,23,24,25)/t12-/m1/s1. The summed E-state index contributed by atoms with van der Waals surface area (Å²) >= 11 is 8.54. The van der Waals surface area contributed by atoms with Crippen LogP contribution >= 0.6 is 34.2 Å². The van der Waals surface area contributed by atoms with Crippen LogP contribution in [0.15, 0.2) is 54.6 Å². The van der Waals surface area contributed by atoms with Crippen molar-refractivity contribution in [1.29, 1.82) is 0 Å². The quantitative estimate of drug-likeness (QED) is 0.436. The van der Waals surface area contributed by atoms with Gasteiger partial charge in [0.05, 0.1) is 23.0 Å². The summed E-state index contributed by atoms with van der Waals surface area (Å²) in [6.45, 7) is 1.85. The van der Waals surface area contributed by atoms with E-state index in [-0.39, 0.29) is 12.6 Å². The van der Waals surface area contributed by atoms with Crippen molar-refractivity contribution in [3.8, 4) is 11.3 Å². The Morgan fingerprint density at radius 1 is 1.12 bits per heavy atom. The molecule has 0 aliphatic heterocycles. The molecule has 0 aliphatic rings. The fraction of sp³-hybridized carbons (Fsp3) is 0.158. The van der Waals surface area contributed by atoms with E-state index in [1.807, 2.05) is 61.5 Å². The molecular weight excluding hydrogens is 463 g/mol. The number of aliphatic hydroxyl groups excluding tert-OH is 1. The molecule has 0 unspecified atom stereocenters. The zero-order chi connectivity index (χ0) is 18.5. The first kappa shape index (κ1) is 18.9. The highest BCUT2D eigenvalue weighted by Gasteiger charge is 2.10. The van der Waals surface area contributed by atoms with Crippen LogP contribution in [0.25, 0.3) is 11.3 Å². The molecule has 0 bridgehead atoms. The molecule has 0 fully saturated rings. The number of anilines is 3. The smallest absolute Gasteiger partial charge is 0.225 e. The molecule has 0 aliphatic carbocycles. The highest BCUT2D eigenvalue weighted by molar-refractivity contribution is 14.1. The minimum atomic E-state index is -0.157. The molecule has 1 atom stereocenters. The number of benzene rings is 2. The Kier molecular flexibility index (Phi) is 6.29.